The molecule has 2 heterocycles. The van der Waals surface area contributed by atoms with Gasteiger partial charge in [0.1, 0.15) is 0 Å². The average molecular weight is 256 g/mol. The highest BCUT2D eigenvalue weighted by molar-refractivity contribution is 5.69. The third kappa shape index (κ3) is 4.55. The Hall–Kier alpha value is -0.650. The number of hydrogen-bond donors (Lipinski definition) is 1. The van der Waals surface area contributed by atoms with Crippen LogP contribution in [0.15, 0.2) is 0 Å². The summed E-state index contributed by atoms with van der Waals surface area (Å²) >= 11 is 0. The van der Waals surface area contributed by atoms with Crippen molar-refractivity contribution in [1.29, 1.82) is 0 Å². The molecule has 0 amide bonds. The molecule has 0 aliphatic carbocycles. The fraction of sp³-hybridized carbons (Fsp3) is 0.923. The van der Waals surface area contributed by atoms with Gasteiger partial charge in [-0.25, -0.2) is 0 Å². The average Bonchev–Trinajstić information content (AvgIpc) is 2.55. The van der Waals surface area contributed by atoms with Crippen molar-refractivity contribution in [3.8, 4) is 0 Å². The summed E-state index contributed by atoms with van der Waals surface area (Å²) in [4.78, 5) is 15.2. The van der Waals surface area contributed by atoms with Gasteiger partial charge in [-0.15, -0.1) is 0 Å². The molecule has 1 unspecified atom stereocenters. The normalized spacial score (nSPS) is 27.9. The summed E-state index contributed by atoms with van der Waals surface area (Å²) in [6.07, 6.45) is 5.01. The molecule has 1 atom stereocenters. The van der Waals surface area contributed by atoms with Crippen molar-refractivity contribution < 1.29 is 14.6 Å². The molecule has 0 spiro atoms. The summed E-state index contributed by atoms with van der Waals surface area (Å²) in [6, 6.07) is 0. The van der Waals surface area contributed by atoms with E-state index >= 15 is 0 Å². The number of hydrogen-bond acceptors (Lipinski definition) is 4. The van der Waals surface area contributed by atoms with Crippen LogP contribution in [0.5, 0.6) is 0 Å². The van der Waals surface area contributed by atoms with Crippen molar-refractivity contribution >= 4 is 5.97 Å². The Bertz CT molecular complexity index is 267. The number of piperidine rings is 1. The van der Waals surface area contributed by atoms with E-state index < -0.39 is 5.97 Å². The second-order valence-corrected chi connectivity index (χ2v) is 5.34. The Morgan fingerprint density at radius 3 is 2.56 bits per heavy atom. The van der Waals surface area contributed by atoms with Crippen LogP contribution in [0.3, 0.4) is 0 Å². The highest BCUT2D eigenvalue weighted by Gasteiger charge is 2.23. The van der Waals surface area contributed by atoms with E-state index in [1.807, 2.05) is 4.90 Å². The number of ether oxygens (including phenoxy) is 1. The zero-order chi connectivity index (χ0) is 12.8. The maximum Gasteiger partial charge on any atom is 0.317 e. The number of carboxylic acids is 1. The van der Waals surface area contributed by atoms with E-state index in [4.69, 9.17) is 9.84 Å². The van der Waals surface area contributed by atoms with Crippen molar-refractivity contribution in [2.45, 2.75) is 31.8 Å². The van der Waals surface area contributed by atoms with E-state index in [0.29, 0.717) is 0 Å². The molecule has 0 aromatic heterocycles. The zero-order valence-electron chi connectivity index (χ0n) is 11.0. The van der Waals surface area contributed by atoms with E-state index in [9.17, 15) is 4.79 Å². The predicted molar refractivity (Wildman–Crippen MR) is 68.7 cm³/mol. The third-order valence-electron chi connectivity index (χ3n) is 3.70. The van der Waals surface area contributed by atoms with Crippen molar-refractivity contribution in [2.75, 3.05) is 45.9 Å². The maximum absolute atomic E-state index is 10.8. The van der Waals surface area contributed by atoms with Gasteiger partial charge in [0.25, 0.3) is 0 Å². The minimum Gasteiger partial charge on any atom is -0.480 e. The Morgan fingerprint density at radius 2 is 1.83 bits per heavy atom. The first-order valence-electron chi connectivity index (χ1n) is 7.02. The van der Waals surface area contributed by atoms with Gasteiger partial charge in [-0.1, -0.05) is 6.42 Å². The van der Waals surface area contributed by atoms with Crippen LogP contribution >= 0.6 is 0 Å². The Morgan fingerprint density at radius 1 is 1.11 bits per heavy atom. The SMILES string of the molecule is O=C(O)CN1CCCOC(CN2CCCCC2)C1. The van der Waals surface area contributed by atoms with Crippen molar-refractivity contribution in [2.24, 2.45) is 0 Å². The number of aliphatic carboxylic acids is 1. The fourth-order valence-corrected chi connectivity index (χ4v) is 2.85. The lowest BCUT2D eigenvalue weighted by Gasteiger charge is -2.31. The highest BCUT2D eigenvalue weighted by atomic mass is 16.5. The molecule has 0 aromatic rings. The minimum absolute atomic E-state index is 0.139. The van der Waals surface area contributed by atoms with Gasteiger partial charge in [-0.2, -0.15) is 0 Å². The molecular formula is C13H24N2O3. The number of carbonyl (C=O) groups is 1. The van der Waals surface area contributed by atoms with Crippen LogP contribution in [-0.4, -0.2) is 72.9 Å². The molecule has 2 saturated heterocycles. The van der Waals surface area contributed by atoms with Gasteiger partial charge in [0.15, 0.2) is 0 Å². The van der Waals surface area contributed by atoms with Crippen LogP contribution in [0.4, 0.5) is 0 Å². The Labute approximate surface area is 109 Å². The van der Waals surface area contributed by atoms with Gasteiger partial charge in [-0.3, -0.25) is 9.69 Å². The molecule has 18 heavy (non-hydrogen) atoms. The molecule has 104 valence electrons. The number of carboxylic acid groups (broad SMARTS) is 1. The summed E-state index contributed by atoms with van der Waals surface area (Å²) in [5.41, 5.74) is 0. The van der Waals surface area contributed by atoms with E-state index in [2.05, 4.69) is 4.90 Å². The largest absolute Gasteiger partial charge is 0.480 e. The third-order valence-corrected chi connectivity index (χ3v) is 3.70. The highest BCUT2D eigenvalue weighted by Crippen LogP contribution is 2.12. The fourth-order valence-electron chi connectivity index (χ4n) is 2.85. The zero-order valence-corrected chi connectivity index (χ0v) is 11.0. The van der Waals surface area contributed by atoms with Crippen LogP contribution < -0.4 is 0 Å². The molecule has 0 aromatic carbocycles. The number of nitrogens with zero attached hydrogens (tertiary/aromatic N) is 2. The van der Waals surface area contributed by atoms with Crippen LogP contribution in [0, 0.1) is 0 Å². The Balaban J connectivity index is 1.80. The standard InChI is InChI=1S/C13H24N2O3/c16-13(17)11-15-7-4-8-18-12(10-15)9-14-5-2-1-3-6-14/h12H,1-11H2,(H,16,17). The summed E-state index contributed by atoms with van der Waals surface area (Å²) < 4.78 is 5.84. The van der Waals surface area contributed by atoms with Gasteiger partial charge in [0.2, 0.25) is 0 Å². The summed E-state index contributed by atoms with van der Waals surface area (Å²) in [6.45, 7) is 5.77. The topological polar surface area (TPSA) is 53.0 Å². The summed E-state index contributed by atoms with van der Waals surface area (Å²) in [5.74, 6) is -0.742. The molecular weight excluding hydrogens is 232 g/mol. The minimum atomic E-state index is -0.742. The second kappa shape index (κ2) is 7.07. The van der Waals surface area contributed by atoms with E-state index in [1.54, 1.807) is 0 Å². The molecule has 1 N–H and O–H groups in total. The van der Waals surface area contributed by atoms with Gasteiger partial charge in [-0.05, 0) is 32.4 Å². The van der Waals surface area contributed by atoms with Crippen molar-refractivity contribution in [1.82, 2.24) is 9.80 Å². The van der Waals surface area contributed by atoms with Gasteiger partial charge < -0.3 is 14.7 Å². The lowest BCUT2D eigenvalue weighted by Crippen LogP contribution is -2.43. The second-order valence-electron chi connectivity index (χ2n) is 5.34. The first kappa shape index (κ1) is 13.8. The smallest absolute Gasteiger partial charge is 0.317 e. The predicted octanol–water partition coefficient (Wildman–Crippen LogP) is 0.648. The van der Waals surface area contributed by atoms with Gasteiger partial charge in [0, 0.05) is 26.2 Å². The lowest BCUT2D eigenvalue weighted by atomic mass is 10.1. The van der Waals surface area contributed by atoms with E-state index in [1.165, 1.54) is 32.4 Å². The lowest BCUT2D eigenvalue weighted by molar-refractivity contribution is -0.138. The van der Waals surface area contributed by atoms with Crippen molar-refractivity contribution in [3.05, 3.63) is 0 Å². The molecule has 5 heteroatoms. The summed E-state index contributed by atoms with van der Waals surface area (Å²) in [7, 11) is 0. The first-order chi connectivity index (χ1) is 8.74. The van der Waals surface area contributed by atoms with Crippen molar-refractivity contribution in [3.63, 3.8) is 0 Å². The first-order valence-corrected chi connectivity index (χ1v) is 7.02. The van der Waals surface area contributed by atoms with Gasteiger partial charge >= 0.3 is 5.97 Å². The maximum atomic E-state index is 10.8. The summed E-state index contributed by atoms with van der Waals surface area (Å²) in [5, 5.41) is 8.87. The van der Waals surface area contributed by atoms with E-state index in [0.717, 1.165) is 32.7 Å². The molecule has 2 rings (SSSR count). The monoisotopic (exact) mass is 256 g/mol. The van der Waals surface area contributed by atoms with Crippen LogP contribution in [0.25, 0.3) is 0 Å². The van der Waals surface area contributed by atoms with E-state index in [-0.39, 0.29) is 12.6 Å². The quantitative estimate of drug-likeness (QED) is 0.800. The molecule has 2 aliphatic heterocycles. The molecule has 5 nitrogen and oxygen atoms in total. The molecule has 2 aliphatic rings. The van der Waals surface area contributed by atoms with Crippen LogP contribution in [0.1, 0.15) is 25.7 Å². The van der Waals surface area contributed by atoms with Gasteiger partial charge in [0.05, 0.1) is 12.6 Å². The van der Waals surface area contributed by atoms with Crippen LogP contribution in [0.2, 0.25) is 0 Å². The molecule has 2 fully saturated rings. The molecule has 0 bridgehead atoms. The Kier molecular flexibility index (Phi) is 5.41. The molecule has 0 radical (unpaired) electrons. The molecule has 0 saturated carbocycles. The number of rotatable bonds is 4. The number of likely N-dealkylation sites (tertiary alicyclic amines) is 1. The van der Waals surface area contributed by atoms with Crippen LogP contribution in [-0.2, 0) is 9.53 Å².